The highest BCUT2D eigenvalue weighted by Crippen LogP contribution is 2.30. The minimum absolute atomic E-state index is 0.228. The number of hydrogen-bond acceptors (Lipinski definition) is 4. The van der Waals surface area contributed by atoms with E-state index in [4.69, 9.17) is 0 Å². The van der Waals surface area contributed by atoms with Gasteiger partial charge in [-0.1, -0.05) is 79.1 Å². The molecule has 1 rings (SSSR count). The number of hydrogen-bond donors (Lipinski definition) is 2. The predicted molar refractivity (Wildman–Crippen MR) is 138 cm³/mol. The Balaban J connectivity index is 2.90. The molecule has 0 amide bonds. The van der Waals surface area contributed by atoms with E-state index < -0.39 is 0 Å². The Kier molecular flexibility index (Phi) is 16.4. The Morgan fingerprint density at radius 2 is 0.812 bits per heavy atom. The molecule has 0 saturated heterocycles. The van der Waals surface area contributed by atoms with Gasteiger partial charge in [-0.15, -0.1) is 0 Å². The lowest BCUT2D eigenvalue weighted by molar-refractivity contribution is 0.245. The SMILES string of the molecule is CCCCCN(CCCCC)Cc1cc(CN(CCCCC)CCCCC)c(O)cc1O. The molecule has 1 aromatic rings. The molecule has 1 aromatic carbocycles. The molecule has 2 N–H and O–H groups in total. The standard InChI is InChI=1S/C28H52N2O2/c1-5-9-13-17-29(18-14-10-6-2)23-25-21-26(28(32)22-27(25)31)24-30(19-15-11-7-3)20-16-12-8-4/h21-22,31-32H,5-20,23-24H2,1-4H3. The molecule has 0 radical (unpaired) electrons. The van der Waals surface area contributed by atoms with Crippen LogP contribution in [-0.4, -0.2) is 46.2 Å². The van der Waals surface area contributed by atoms with Crippen LogP contribution in [0.3, 0.4) is 0 Å². The fraction of sp³-hybridized carbons (Fsp3) is 0.786. The van der Waals surface area contributed by atoms with E-state index in [0.717, 1.165) is 50.4 Å². The maximum Gasteiger partial charge on any atom is 0.123 e. The van der Waals surface area contributed by atoms with Gasteiger partial charge >= 0.3 is 0 Å². The topological polar surface area (TPSA) is 46.9 Å². The number of phenolic OH excluding ortho intramolecular Hbond substituents is 2. The summed E-state index contributed by atoms with van der Waals surface area (Å²) in [4.78, 5) is 4.98. The van der Waals surface area contributed by atoms with Crippen molar-refractivity contribution in [1.29, 1.82) is 0 Å². The molecule has 0 heterocycles. The van der Waals surface area contributed by atoms with Crippen molar-refractivity contribution in [3.63, 3.8) is 0 Å². The molecule has 0 aliphatic rings. The quantitative estimate of drug-likeness (QED) is 0.203. The van der Waals surface area contributed by atoms with Gasteiger partial charge in [-0.25, -0.2) is 0 Å². The molecule has 0 aliphatic heterocycles. The average Bonchev–Trinajstić information content (AvgIpc) is 2.77. The lowest BCUT2D eigenvalue weighted by Crippen LogP contribution is -2.27. The van der Waals surface area contributed by atoms with Crippen molar-refractivity contribution >= 4 is 0 Å². The van der Waals surface area contributed by atoms with Crippen LogP contribution in [0, 0.1) is 0 Å². The number of benzene rings is 1. The van der Waals surface area contributed by atoms with Crippen molar-refractivity contribution in [3.8, 4) is 11.5 Å². The van der Waals surface area contributed by atoms with E-state index in [1.54, 1.807) is 6.07 Å². The van der Waals surface area contributed by atoms with Gasteiger partial charge in [0.25, 0.3) is 0 Å². The van der Waals surface area contributed by atoms with Gasteiger partial charge in [-0.05, 0) is 57.9 Å². The van der Waals surface area contributed by atoms with Crippen molar-refractivity contribution in [2.45, 2.75) is 118 Å². The molecule has 4 nitrogen and oxygen atoms in total. The van der Waals surface area contributed by atoms with Crippen molar-refractivity contribution < 1.29 is 10.2 Å². The largest absolute Gasteiger partial charge is 0.507 e. The third-order valence-electron chi connectivity index (χ3n) is 6.38. The number of unbranched alkanes of at least 4 members (excludes halogenated alkanes) is 8. The Morgan fingerprint density at radius 1 is 0.500 bits per heavy atom. The average molecular weight is 449 g/mol. The summed E-state index contributed by atoms with van der Waals surface area (Å²) in [5, 5.41) is 21.2. The van der Waals surface area contributed by atoms with Gasteiger partial charge in [-0.2, -0.15) is 0 Å². The number of rotatable bonds is 20. The molecule has 0 fully saturated rings. The van der Waals surface area contributed by atoms with E-state index in [0.29, 0.717) is 0 Å². The second-order valence-corrected chi connectivity index (χ2v) is 9.49. The van der Waals surface area contributed by atoms with Crippen LogP contribution >= 0.6 is 0 Å². The third kappa shape index (κ3) is 12.1. The smallest absolute Gasteiger partial charge is 0.123 e. The minimum Gasteiger partial charge on any atom is -0.507 e. The zero-order valence-electron chi connectivity index (χ0n) is 21.7. The van der Waals surface area contributed by atoms with Crippen molar-refractivity contribution in [3.05, 3.63) is 23.3 Å². The van der Waals surface area contributed by atoms with Gasteiger partial charge in [0.05, 0.1) is 0 Å². The van der Waals surface area contributed by atoms with E-state index in [9.17, 15) is 10.2 Å². The highest BCUT2D eigenvalue weighted by molar-refractivity contribution is 5.45. The second-order valence-electron chi connectivity index (χ2n) is 9.49. The van der Waals surface area contributed by atoms with E-state index in [-0.39, 0.29) is 11.5 Å². The summed E-state index contributed by atoms with van der Waals surface area (Å²) in [5.74, 6) is 0.455. The van der Waals surface area contributed by atoms with Crippen LogP contribution in [0.2, 0.25) is 0 Å². The Morgan fingerprint density at radius 3 is 1.09 bits per heavy atom. The molecule has 0 atom stereocenters. The Hall–Kier alpha value is -1.26. The van der Waals surface area contributed by atoms with Gasteiger partial charge in [0.1, 0.15) is 11.5 Å². The third-order valence-corrected chi connectivity index (χ3v) is 6.38. The van der Waals surface area contributed by atoms with Crippen LogP contribution in [0.15, 0.2) is 12.1 Å². The van der Waals surface area contributed by atoms with Crippen LogP contribution in [0.25, 0.3) is 0 Å². The molecule has 0 unspecified atom stereocenters. The van der Waals surface area contributed by atoms with Crippen molar-refractivity contribution in [1.82, 2.24) is 9.80 Å². The number of nitrogens with zero attached hydrogens (tertiary/aromatic N) is 2. The summed E-state index contributed by atoms with van der Waals surface area (Å²) < 4.78 is 0. The zero-order valence-corrected chi connectivity index (χ0v) is 21.7. The van der Waals surface area contributed by atoms with Gasteiger partial charge in [0.15, 0.2) is 0 Å². The fourth-order valence-corrected chi connectivity index (χ4v) is 4.29. The Bertz CT molecular complexity index is 524. The maximum atomic E-state index is 10.6. The normalized spacial score (nSPS) is 11.7. The van der Waals surface area contributed by atoms with Crippen LogP contribution in [0.5, 0.6) is 11.5 Å². The summed E-state index contributed by atoms with van der Waals surface area (Å²) in [5.41, 5.74) is 1.90. The highest BCUT2D eigenvalue weighted by Gasteiger charge is 2.15. The molecular formula is C28H52N2O2. The molecule has 0 aliphatic carbocycles. The molecule has 186 valence electrons. The lowest BCUT2D eigenvalue weighted by Gasteiger charge is -2.25. The van der Waals surface area contributed by atoms with Crippen molar-refractivity contribution in [2.24, 2.45) is 0 Å². The van der Waals surface area contributed by atoms with Crippen LogP contribution < -0.4 is 0 Å². The van der Waals surface area contributed by atoms with Gasteiger partial charge in [0.2, 0.25) is 0 Å². The molecule has 0 spiro atoms. The Labute approximate surface area is 199 Å². The van der Waals surface area contributed by atoms with E-state index >= 15 is 0 Å². The minimum atomic E-state index is 0.228. The summed E-state index contributed by atoms with van der Waals surface area (Å²) >= 11 is 0. The first-order valence-electron chi connectivity index (χ1n) is 13.5. The second kappa shape index (κ2) is 18.2. The zero-order chi connectivity index (χ0) is 23.6. The molecule has 32 heavy (non-hydrogen) atoms. The van der Waals surface area contributed by atoms with E-state index in [1.165, 1.54) is 77.0 Å². The van der Waals surface area contributed by atoms with Crippen molar-refractivity contribution in [2.75, 3.05) is 26.2 Å². The molecule has 4 heteroatoms. The summed E-state index contributed by atoms with van der Waals surface area (Å²) in [6, 6.07) is 3.63. The van der Waals surface area contributed by atoms with E-state index in [1.807, 2.05) is 0 Å². The van der Waals surface area contributed by atoms with Crippen LogP contribution in [-0.2, 0) is 13.1 Å². The van der Waals surface area contributed by atoms with Crippen LogP contribution in [0.1, 0.15) is 116 Å². The first kappa shape index (κ1) is 28.8. The number of aromatic hydroxyl groups is 2. The molecular weight excluding hydrogens is 396 g/mol. The van der Waals surface area contributed by atoms with Crippen LogP contribution in [0.4, 0.5) is 0 Å². The first-order valence-corrected chi connectivity index (χ1v) is 13.5. The summed E-state index contributed by atoms with van der Waals surface area (Å²) in [6.45, 7) is 14.8. The highest BCUT2D eigenvalue weighted by atomic mass is 16.3. The number of phenols is 2. The summed E-state index contributed by atoms with van der Waals surface area (Å²) in [7, 11) is 0. The summed E-state index contributed by atoms with van der Waals surface area (Å²) in [6.07, 6.45) is 14.7. The molecule has 0 bridgehead atoms. The predicted octanol–water partition coefficient (Wildman–Crippen LogP) is 7.46. The first-order chi connectivity index (χ1) is 15.5. The fourth-order valence-electron chi connectivity index (χ4n) is 4.29. The van der Waals surface area contributed by atoms with Gasteiger partial charge in [-0.3, -0.25) is 9.80 Å². The molecule has 0 saturated carbocycles. The van der Waals surface area contributed by atoms with Gasteiger partial charge < -0.3 is 10.2 Å². The van der Waals surface area contributed by atoms with E-state index in [2.05, 4.69) is 43.6 Å². The maximum absolute atomic E-state index is 10.6. The molecule has 0 aromatic heterocycles. The monoisotopic (exact) mass is 448 g/mol. The van der Waals surface area contributed by atoms with Gasteiger partial charge in [0, 0.05) is 30.3 Å². The lowest BCUT2D eigenvalue weighted by atomic mass is 10.1.